The van der Waals surface area contributed by atoms with Gasteiger partial charge in [-0.3, -0.25) is 0 Å². The van der Waals surface area contributed by atoms with Crippen LogP contribution in [0.2, 0.25) is 0 Å². The van der Waals surface area contributed by atoms with Crippen molar-refractivity contribution in [1.82, 2.24) is 4.72 Å². The van der Waals surface area contributed by atoms with E-state index in [1.807, 2.05) is 0 Å². The topological polar surface area (TPSA) is 83.1 Å². The van der Waals surface area contributed by atoms with Crippen LogP contribution >= 0.6 is 0 Å². The molecule has 1 atom stereocenters. The highest BCUT2D eigenvalue weighted by Crippen LogP contribution is 2.29. The van der Waals surface area contributed by atoms with E-state index >= 15 is 0 Å². The molecule has 0 radical (unpaired) electrons. The number of sulfonamides is 1. The van der Waals surface area contributed by atoms with Crippen LogP contribution < -0.4 is 14.2 Å². The maximum Gasteiger partial charge on any atom is 0.241 e. The van der Waals surface area contributed by atoms with Crippen molar-refractivity contribution in [1.29, 1.82) is 0 Å². The van der Waals surface area contributed by atoms with Crippen LogP contribution in [0.4, 0.5) is 0 Å². The Hall–Kier alpha value is -1.35. The largest absolute Gasteiger partial charge is 0.493 e. The van der Waals surface area contributed by atoms with E-state index in [4.69, 9.17) is 18.9 Å². The van der Waals surface area contributed by atoms with Crippen molar-refractivity contribution in [2.45, 2.75) is 24.2 Å². The monoisotopic (exact) mass is 319 g/mol. The van der Waals surface area contributed by atoms with Crippen LogP contribution in [0.1, 0.15) is 6.92 Å². The molecule has 21 heavy (non-hydrogen) atoms. The van der Waals surface area contributed by atoms with Crippen molar-refractivity contribution >= 4 is 10.0 Å². The van der Waals surface area contributed by atoms with Crippen molar-refractivity contribution in [3.8, 4) is 11.5 Å². The van der Waals surface area contributed by atoms with Gasteiger partial charge in [-0.2, -0.15) is 0 Å². The van der Waals surface area contributed by atoms with Crippen molar-refractivity contribution < 1.29 is 27.4 Å². The Bertz CT molecular complexity index is 556. The molecule has 120 valence electrons. The number of methoxy groups -OCH3 is 4. The van der Waals surface area contributed by atoms with Gasteiger partial charge < -0.3 is 18.9 Å². The zero-order valence-corrected chi connectivity index (χ0v) is 13.6. The third kappa shape index (κ3) is 4.31. The Morgan fingerprint density at radius 3 is 2.05 bits per heavy atom. The summed E-state index contributed by atoms with van der Waals surface area (Å²) in [6, 6.07) is 3.80. The van der Waals surface area contributed by atoms with Crippen LogP contribution in [-0.2, 0) is 19.5 Å². The molecule has 1 aromatic carbocycles. The molecular weight excluding hydrogens is 298 g/mol. The minimum absolute atomic E-state index is 0.0676. The fourth-order valence-electron chi connectivity index (χ4n) is 1.86. The maximum absolute atomic E-state index is 12.3. The van der Waals surface area contributed by atoms with Gasteiger partial charge in [0.15, 0.2) is 17.8 Å². The Balaban J connectivity index is 3.03. The lowest BCUT2D eigenvalue weighted by Crippen LogP contribution is -2.42. The number of hydrogen-bond donors (Lipinski definition) is 1. The predicted molar refractivity (Wildman–Crippen MR) is 77.1 cm³/mol. The molecule has 0 aliphatic carbocycles. The smallest absolute Gasteiger partial charge is 0.241 e. The highest BCUT2D eigenvalue weighted by Gasteiger charge is 2.24. The average molecular weight is 319 g/mol. The lowest BCUT2D eigenvalue weighted by molar-refractivity contribution is -0.115. The summed E-state index contributed by atoms with van der Waals surface area (Å²) in [4.78, 5) is 0.0676. The van der Waals surface area contributed by atoms with Crippen LogP contribution in [-0.4, -0.2) is 49.2 Å². The van der Waals surface area contributed by atoms with Gasteiger partial charge in [0.1, 0.15) is 0 Å². The second-order valence-corrected chi connectivity index (χ2v) is 5.98. The van der Waals surface area contributed by atoms with Gasteiger partial charge in [0, 0.05) is 20.3 Å². The number of ether oxygens (including phenoxy) is 4. The summed E-state index contributed by atoms with van der Waals surface area (Å²) >= 11 is 0. The molecule has 0 aromatic heterocycles. The van der Waals surface area contributed by atoms with Crippen LogP contribution in [0.25, 0.3) is 0 Å². The molecule has 0 saturated heterocycles. The first-order valence-electron chi connectivity index (χ1n) is 6.19. The molecule has 1 unspecified atom stereocenters. The van der Waals surface area contributed by atoms with Gasteiger partial charge in [0.2, 0.25) is 10.0 Å². The minimum atomic E-state index is -3.73. The van der Waals surface area contributed by atoms with Gasteiger partial charge in [-0.25, -0.2) is 13.1 Å². The van der Waals surface area contributed by atoms with E-state index in [1.165, 1.54) is 46.6 Å². The van der Waals surface area contributed by atoms with E-state index in [0.717, 1.165) is 0 Å². The number of nitrogens with one attached hydrogen (secondary N) is 1. The summed E-state index contributed by atoms with van der Waals surface area (Å²) in [5, 5.41) is 0. The number of hydrogen-bond acceptors (Lipinski definition) is 6. The minimum Gasteiger partial charge on any atom is -0.493 e. The quantitative estimate of drug-likeness (QED) is 0.720. The molecule has 0 aliphatic heterocycles. The molecule has 0 saturated carbocycles. The molecule has 0 bridgehead atoms. The normalized spacial score (nSPS) is 13.2. The molecule has 8 heteroatoms. The number of benzene rings is 1. The average Bonchev–Trinajstić information content (AvgIpc) is 2.47. The molecule has 1 aromatic rings. The SMILES string of the molecule is COc1ccc(S(=O)(=O)NC(C)C(OC)OC)cc1OC. The third-order valence-electron chi connectivity index (χ3n) is 2.88. The molecule has 1 rings (SSSR count). The standard InChI is InChI=1S/C13H21NO6S/c1-9(13(19-4)20-5)14-21(15,16)10-6-7-11(17-2)12(8-10)18-3/h6-9,13-14H,1-5H3. The second kappa shape index (κ2) is 7.60. The molecule has 0 spiro atoms. The molecule has 0 amide bonds. The van der Waals surface area contributed by atoms with Crippen molar-refractivity contribution in [3.05, 3.63) is 18.2 Å². The first-order chi connectivity index (χ1) is 9.89. The summed E-state index contributed by atoms with van der Waals surface area (Å²) in [6.45, 7) is 1.65. The highest BCUT2D eigenvalue weighted by molar-refractivity contribution is 7.89. The molecule has 7 nitrogen and oxygen atoms in total. The zero-order chi connectivity index (χ0) is 16.0. The fourth-order valence-corrected chi connectivity index (χ4v) is 3.10. The van der Waals surface area contributed by atoms with E-state index in [9.17, 15) is 8.42 Å². The van der Waals surface area contributed by atoms with E-state index in [-0.39, 0.29) is 4.90 Å². The van der Waals surface area contributed by atoms with Crippen LogP contribution in [0.5, 0.6) is 11.5 Å². The molecular formula is C13H21NO6S. The molecule has 1 N–H and O–H groups in total. The maximum atomic E-state index is 12.3. The van der Waals surface area contributed by atoms with Gasteiger partial charge in [0.05, 0.1) is 25.2 Å². The first kappa shape index (κ1) is 17.7. The molecule has 0 aliphatic rings. The highest BCUT2D eigenvalue weighted by atomic mass is 32.2. The summed E-state index contributed by atoms with van der Waals surface area (Å²) in [5.41, 5.74) is 0. The zero-order valence-electron chi connectivity index (χ0n) is 12.7. The summed E-state index contributed by atoms with van der Waals surface area (Å²) in [6.07, 6.45) is -0.681. The van der Waals surface area contributed by atoms with Gasteiger partial charge in [-0.05, 0) is 19.1 Å². The van der Waals surface area contributed by atoms with Crippen molar-refractivity contribution in [2.75, 3.05) is 28.4 Å². The lowest BCUT2D eigenvalue weighted by Gasteiger charge is -2.22. The van der Waals surface area contributed by atoms with Gasteiger partial charge >= 0.3 is 0 Å². The Kier molecular flexibility index (Phi) is 6.41. The van der Waals surface area contributed by atoms with Crippen LogP contribution in [0, 0.1) is 0 Å². The Morgan fingerprint density at radius 1 is 1.00 bits per heavy atom. The van der Waals surface area contributed by atoms with Gasteiger partial charge in [-0.15, -0.1) is 0 Å². The van der Waals surface area contributed by atoms with Crippen molar-refractivity contribution in [2.24, 2.45) is 0 Å². The lowest BCUT2D eigenvalue weighted by atomic mass is 10.3. The molecule has 0 fully saturated rings. The van der Waals surface area contributed by atoms with E-state index in [2.05, 4.69) is 4.72 Å². The third-order valence-corrected chi connectivity index (χ3v) is 4.44. The summed E-state index contributed by atoms with van der Waals surface area (Å²) in [7, 11) is 2.07. The van der Waals surface area contributed by atoms with E-state index < -0.39 is 22.4 Å². The van der Waals surface area contributed by atoms with Gasteiger partial charge in [0.25, 0.3) is 0 Å². The van der Waals surface area contributed by atoms with Gasteiger partial charge in [-0.1, -0.05) is 0 Å². The Labute approximate surface area is 125 Å². The molecule has 0 heterocycles. The van der Waals surface area contributed by atoms with E-state index in [0.29, 0.717) is 11.5 Å². The predicted octanol–water partition coefficient (Wildman–Crippen LogP) is 0.989. The fraction of sp³-hybridized carbons (Fsp3) is 0.538. The summed E-state index contributed by atoms with van der Waals surface area (Å²) in [5.74, 6) is 0.791. The number of rotatable bonds is 8. The van der Waals surface area contributed by atoms with Crippen LogP contribution in [0.3, 0.4) is 0 Å². The Morgan fingerprint density at radius 2 is 1.57 bits per heavy atom. The summed E-state index contributed by atoms with van der Waals surface area (Å²) < 4.78 is 47.4. The first-order valence-corrected chi connectivity index (χ1v) is 7.67. The van der Waals surface area contributed by atoms with E-state index in [1.54, 1.807) is 6.92 Å². The van der Waals surface area contributed by atoms with Crippen LogP contribution in [0.15, 0.2) is 23.1 Å². The van der Waals surface area contributed by atoms with Crippen molar-refractivity contribution in [3.63, 3.8) is 0 Å². The second-order valence-electron chi connectivity index (χ2n) is 4.27.